The lowest BCUT2D eigenvalue weighted by atomic mass is 9.85. The summed E-state index contributed by atoms with van der Waals surface area (Å²) in [6.07, 6.45) is 2.35. The standard InChI is InChI=1S/C17H24O6/c1-9-4-5-13-10(2)17(21)23-16(13)6-12(8-18)15(7-14(9)20)22-11(3)19/h4,6,10,13-16,18,20H,5,7-8H2,1-3H3. The highest BCUT2D eigenvalue weighted by molar-refractivity contribution is 5.75. The molecule has 5 atom stereocenters. The Hall–Kier alpha value is -1.66. The van der Waals surface area contributed by atoms with Crippen LogP contribution in [-0.4, -0.2) is 47.1 Å². The van der Waals surface area contributed by atoms with E-state index >= 15 is 0 Å². The summed E-state index contributed by atoms with van der Waals surface area (Å²) in [5.41, 5.74) is 1.21. The molecule has 23 heavy (non-hydrogen) atoms. The molecule has 1 fully saturated rings. The quantitative estimate of drug-likeness (QED) is 0.584. The minimum Gasteiger partial charge on any atom is -0.458 e. The fraction of sp³-hybridized carbons (Fsp3) is 0.647. The van der Waals surface area contributed by atoms with Gasteiger partial charge in [0.25, 0.3) is 0 Å². The molecule has 2 N–H and O–H groups in total. The molecule has 0 saturated carbocycles. The van der Waals surface area contributed by atoms with E-state index in [2.05, 4.69) is 0 Å². The Morgan fingerprint density at radius 1 is 1.48 bits per heavy atom. The third-order valence-electron chi connectivity index (χ3n) is 4.65. The van der Waals surface area contributed by atoms with Crippen LogP contribution in [0.5, 0.6) is 0 Å². The molecule has 6 nitrogen and oxygen atoms in total. The van der Waals surface area contributed by atoms with Crippen LogP contribution in [0, 0.1) is 11.8 Å². The predicted octanol–water partition coefficient (Wildman–Crippen LogP) is 1.12. The Morgan fingerprint density at radius 3 is 2.78 bits per heavy atom. The van der Waals surface area contributed by atoms with Crippen LogP contribution in [0.15, 0.2) is 23.3 Å². The summed E-state index contributed by atoms with van der Waals surface area (Å²) in [5, 5.41) is 19.9. The average Bonchev–Trinajstić information content (AvgIpc) is 2.75. The molecule has 0 bridgehead atoms. The maximum Gasteiger partial charge on any atom is 0.309 e. The van der Waals surface area contributed by atoms with Crippen molar-refractivity contribution in [3.63, 3.8) is 0 Å². The van der Waals surface area contributed by atoms with E-state index < -0.39 is 24.3 Å². The van der Waals surface area contributed by atoms with Gasteiger partial charge in [-0.2, -0.15) is 0 Å². The number of allylic oxidation sites excluding steroid dienone is 1. The Kier molecular flexibility index (Phi) is 5.59. The number of rotatable bonds is 2. The number of esters is 2. The molecule has 6 heteroatoms. The molecule has 1 aliphatic heterocycles. The van der Waals surface area contributed by atoms with Gasteiger partial charge in [-0.1, -0.05) is 13.0 Å². The molecule has 0 amide bonds. The molecule has 1 saturated heterocycles. The number of carbonyl (C=O) groups is 2. The number of aliphatic hydroxyl groups excluding tert-OH is 2. The number of aliphatic hydroxyl groups is 2. The normalized spacial score (nSPS) is 34.8. The molecule has 0 aromatic rings. The van der Waals surface area contributed by atoms with E-state index in [-0.39, 0.29) is 30.8 Å². The summed E-state index contributed by atoms with van der Waals surface area (Å²) < 4.78 is 10.7. The number of fused-ring (bicyclic) bond motifs is 1. The van der Waals surface area contributed by atoms with Crippen LogP contribution in [0.25, 0.3) is 0 Å². The first-order valence-corrected chi connectivity index (χ1v) is 7.87. The van der Waals surface area contributed by atoms with Crippen molar-refractivity contribution in [2.75, 3.05) is 6.61 Å². The second-order valence-corrected chi connectivity index (χ2v) is 6.29. The molecule has 0 aromatic heterocycles. The van der Waals surface area contributed by atoms with Crippen LogP contribution < -0.4 is 0 Å². The average molecular weight is 324 g/mol. The van der Waals surface area contributed by atoms with E-state index in [4.69, 9.17) is 9.47 Å². The maximum atomic E-state index is 11.9. The zero-order valence-electron chi connectivity index (χ0n) is 13.7. The lowest BCUT2D eigenvalue weighted by Crippen LogP contribution is -2.29. The Bertz CT molecular complexity index is 535. The summed E-state index contributed by atoms with van der Waals surface area (Å²) in [7, 11) is 0. The molecular formula is C17H24O6. The van der Waals surface area contributed by atoms with Gasteiger partial charge in [-0.3, -0.25) is 9.59 Å². The first-order chi connectivity index (χ1) is 10.8. The van der Waals surface area contributed by atoms with Gasteiger partial charge in [-0.15, -0.1) is 0 Å². The summed E-state index contributed by atoms with van der Waals surface area (Å²) >= 11 is 0. The van der Waals surface area contributed by atoms with Crippen LogP contribution in [0.3, 0.4) is 0 Å². The van der Waals surface area contributed by atoms with Gasteiger partial charge in [-0.05, 0) is 30.6 Å². The molecular weight excluding hydrogens is 300 g/mol. The number of carbonyl (C=O) groups excluding carboxylic acids is 2. The smallest absolute Gasteiger partial charge is 0.309 e. The molecule has 2 aliphatic rings. The van der Waals surface area contributed by atoms with Crippen LogP contribution in [0.4, 0.5) is 0 Å². The number of ether oxygens (including phenoxy) is 2. The van der Waals surface area contributed by atoms with E-state index in [0.717, 1.165) is 5.57 Å². The van der Waals surface area contributed by atoms with E-state index in [0.29, 0.717) is 12.0 Å². The Labute approximate surface area is 135 Å². The van der Waals surface area contributed by atoms with Crippen molar-refractivity contribution in [2.24, 2.45) is 11.8 Å². The van der Waals surface area contributed by atoms with Gasteiger partial charge in [0.2, 0.25) is 0 Å². The highest BCUT2D eigenvalue weighted by atomic mass is 16.6. The van der Waals surface area contributed by atoms with Gasteiger partial charge in [0.15, 0.2) is 0 Å². The van der Waals surface area contributed by atoms with Crippen molar-refractivity contribution >= 4 is 11.9 Å². The van der Waals surface area contributed by atoms with Crippen molar-refractivity contribution in [1.29, 1.82) is 0 Å². The SMILES string of the molecule is CC(=O)OC1CC(O)C(C)=CCC2C(C=C1CO)OC(=O)C2C. The predicted molar refractivity (Wildman–Crippen MR) is 82.3 cm³/mol. The largest absolute Gasteiger partial charge is 0.458 e. The Balaban J connectivity index is 2.40. The van der Waals surface area contributed by atoms with E-state index in [1.165, 1.54) is 6.92 Å². The fourth-order valence-corrected chi connectivity index (χ4v) is 3.08. The maximum absolute atomic E-state index is 11.9. The fourth-order valence-electron chi connectivity index (χ4n) is 3.08. The second kappa shape index (κ2) is 7.27. The van der Waals surface area contributed by atoms with Crippen molar-refractivity contribution in [1.82, 2.24) is 0 Å². The van der Waals surface area contributed by atoms with Gasteiger partial charge < -0.3 is 19.7 Å². The van der Waals surface area contributed by atoms with Gasteiger partial charge in [0.05, 0.1) is 18.6 Å². The van der Waals surface area contributed by atoms with Gasteiger partial charge >= 0.3 is 11.9 Å². The summed E-state index contributed by atoms with van der Waals surface area (Å²) in [6.45, 7) is 4.57. The lowest BCUT2D eigenvalue weighted by molar-refractivity contribution is -0.146. The van der Waals surface area contributed by atoms with Crippen molar-refractivity contribution in [2.45, 2.75) is 51.9 Å². The van der Waals surface area contributed by atoms with Crippen LogP contribution in [0.2, 0.25) is 0 Å². The topological polar surface area (TPSA) is 93.1 Å². The third kappa shape index (κ3) is 4.00. The molecule has 0 aromatic carbocycles. The zero-order valence-corrected chi connectivity index (χ0v) is 13.7. The molecule has 1 aliphatic carbocycles. The summed E-state index contributed by atoms with van der Waals surface area (Å²) in [5.74, 6) is -1.09. The molecule has 2 rings (SSSR count). The lowest BCUT2D eigenvalue weighted by Gasteiger charge is -2.26. The monoisotopic (exact) mass is 324 g/mol. The van der Waals surface area contributed by atoms with E-state index in [1.54, 1.807) is 13.0 Å². The highest BCUT2D eigenvalue weighted by Crippen LogP contribution is 2.34. The highest BCUT2D eigenvalue weighted by Gasteiger charge is 2.41. The van der Waals surface area contributed by atoms with E-state index in [9.17, 15) is 19.8 Å². The first-order valence-electron chi connectivity index (χ1n) is 7.87. The Morgan fingerprint density at radius 2 is 2.17 bits per heavy atom. The van der Waals surface area contributed by atoms with Gasteiger partial charge in [0.1, 0.15) is 12.2 Å². The van der Waals surface area contributed by atoms with Crippen molar-refractivity contribution < 1.29 is 29.3 Å². The number of hydrogen-bond donors (Lipinski definition) is 2. The van der Waals surface area contributed by atoms with Crippen LogP contribution >= 0.6 is 0 Å². The molecule has 1 heterocycles. The van der Waals surface area contributed by atoms with Gasteiger partial charge in [0, 0.05) is 19.3 Å². The number of hydrogen-bond acceptors (Lipinski definition) is 6. The van der Waals surface area contributed by atoms with Gasteiger partial charge in [-0.25, -0.2) is 0 Å². The van der Waals surface area contributed by atoms with Crippen LogP contribution in [0.1, 0.15) is 33.6 Å². The van der Waals surface area contributed by atoms with Crippen molar-refractivity contribution in [3.05, 3.63) is 23.3 Å². The van der Waals surface area contributed by atoms with Crippen LogP contribution in [-0.2, 0) is 19.1 Å². The molecule has 0 spiro atoms. The molecule has 5 unspecified atom stereocenters. The summed E-state index contributed by atoms with van der Waals surface area (Å²) in [6, 6.07) is 0. The minimum absolute atomic E-state index is 0.0673. The zero-order chi connectivity index (χ0) is 17.1. The first kappa shape index (κ1) is 17.7. The minimum atomic E-state index is -0.779. The van der Waals surface area contributed by atoms with E-state index in [1.807, 2.05) is 13.0 Å². The van der Waals surface area contributed by atoms with Crippen molar-refractivity contribution in [3.8, 4) is 0 Å². The summed E-state index contributed by atoms with van der Waals surface area (Å²) in [4.78, 5) is 23.2. The molecule has 128 valence electrons. The second-order valence-electron chi connectivity index (χ2n) is 6.29. The molecule has 0 radical (unpaired) electrons. The third-order valence-corrected chi connectivity index (χ3v) is 4.65.